The van der Waals surface area contributed by atoms with Crippen LogP contribution in [0.5, 0.6) is 5.75 Å². The zero-order valence-corrected chi connectivity index (χ0v) is 25.8. The van der Waals surface area contributed by atoms with E-state index in [0.717, 1.165) is 53.7 Å². The Morgan fingerprint density at radius 1 is 0.935 bits per heavy atom. The summed E-state index contributed by atoms with van der Waals surface area (Å²) in [4.78, 5) is 30.3. The van der Waals surface area contributed by atoms with Crippen LogP contribution in [-0.2, 0) is 17.6 Å². The van der Waals surface area contributed by atoms with Crippen molar-refractivity contribution in [3.63, 3.8) is 0 Å². The second kappa shape index (κ2) is 13.6. The summed E-state index contributed by atoms with van der Waals surface area (Å²) >= 11 is 0. The summed E-state index contributed by atoms with van der Waals surface area (Å²) < 4.78 is 46.4. The summed E-state index contributed by atoms with van der Waals surface area (Å²) in [5.74, 6) is -4.27. The van der Waals surface area contributed by atoms with Crippen LogP contribution in [0.2, 0.25) is 0 Å². The van der Waals surface area contributed by atoms with E-state index >= 15 is 0 Å². The molecule has 3 aromatic carbocycles. The van der Waals surface area contributed by atoms with Gasteiger partial charge in [0.25, 0.3) is 5.91 Å². The number of hydrogen-bond acceptors (Lipinski definition) is 4. The number of aryl methyl sites for hydroxylation is 2. The van der Waals surface area contributed by atoms with Crippen molar-refractivity contribution in [3.8, 4) is 5.75 Å². The Labute approximate surface area is 266 Å². The molecule has 1 saturated carbocycles. The molecule has 6 rings (SSSR count). The molecule has 2 atom stereocenters. The first kappa shape index (κ1) is 31.7. The molecule has 2 bridgehead atoms. The van der Waals surface area contributed by atoms with Crippen LogP contribution in [0.15, 0.2) is 66.2 Å². The maximum atomic E-state index is 14.5. The molecule has 242 valence electrons. The number of amides is 2. The topological polar surface area (TPSA) is 82.1 Å². The summed E-state index contributed by atoms with van der Waals surface area (Å²) in [6, 6.07) is 16.9. The standard InChI is InChI=1S/C36H38F3N3O4/c1-22-4-6-24(7-5-22)16-17-41(26-12-13-26)35(43)32-28(19-27-20-40-21-31(32)42(27)36(44)45)25-10-8-23(9-11-25)3-2-18-46-34-30(38)15-14-29(37)33(34)39/h4-11,14-15,26-27,31,40H,2-3,12-13,16-21H2,1H3,(H,44,45). The molecule has 2 N–H and O–H groups in total. The Bertz CT molecular complexity index is 1620. The lowest BCUT2D eigenvalue weighted by molar-refractivity contribution is -0.128. The molecular weight excluding hydrogens is 595 g/mol. The molecule has 0 radical (unpaired) electrons. The number of benzene rings is 3. The largest absolute Gasteiger partial charge is 0.488 e. The first-order valence-electron chi connectivity index (χ1n) is 15.9. The molecule has 3 aliphatic rings. The van der Waals surface area contributed by atoms with Gasteiger partial charge in [-0.15, -0.1) is 0 Å². The lowest BCUT2D eigenvalue weighted by Gasteiger charge is -2.47. The third kappa shape index (κ3) is 6.77. The van der Waals surface area contributed by atoms with Crippen molar-refractivity contribution >= 4 is 17.6 Å². The number of carbonyl (C=O) groups is 2. The van der Waals surface area contributed by atoms with E-state index in [1.807, 2.05) is 36.1 Å². The van der Waals surface area contributed by atoms with Crippen LogP contribution in [0.3, 0.4) is 0 Å². The Hall–Kier alpha value is -4.31. The summed E-state index contributed by atoms with van der Waals surface area (Å²) in [6.07, 6.45) is 3.00. The minimum Gasteiger partial charge on any atom is -0.488 e. The van der Waals surface area contributed by atoms with E-state index in [2.05, 4.69) is 29.6 Å². The number of nitrogens with one attached hydrogen (secondary N) is 1. The third-order valence-electron chi connectivity index (χ3n) is 9.17. The molecule has 2 amide bonds. The van der Waals surface area contributed by atoms with E-state index < -0.39 is 35.3 Å². The van der Waals surface area contributed by atoms with Crippen LogP contribution in [0, 0.1) is 24.4 Å². The van der Waals surface area contributed by atoms with Crippen LogP contribution in [-0.4, -0.2) is 71.3 Å². The predicted octanol–water partition coefficient (Wildman–Crippen LogP) is 6.14. The number of rotatable bonds is 11. The average molecular weight is 634 g/mol. The van der Waals surface area contributed by atoms with Gasteiger partial charge < -0.3 is 20.1 Å². The Morgan fingerprint density at radius 2 is 1.61 bits per heavy atom. The number of ether oxygens (including phenoxy) is 1. The van der Waals surface area contributed by atoms with Gasteiger partial charge in [0.15, 0.2) is 17.4 Å². The third-order valence-corrected chi connectivity index (χ3v) is 9.17. The number of nitrogens with zero attached hydrogens (tertiary/aromatic N) is 2. The SMILES string of the molecule is Cc1ccc(CCN(C(=O)C2=C(c3ccc(CCCOc4c(F)ccc(F)c4F)cc3)CC3CNCC2N3C(=O)O)C2CC2)cc1. The molecule has 1 saturated heterocycles. The highest BCUT2D eigenvalue weighted by Crippen LogP contribution is 2.39. The van der Waals surface area contributed by atoms with Gasteiger partial charge >= 0.3 is 6.09 Å². The lowest BCUT2D eigenvalue weighted by Crippen LogP contribution is -2.63. The van der Waals surface area contributed by atoms with Crippen LogP contribution in [0.25, 0.3) is 5.57 Å². The molecule has 7 nitrogen and oxygen atoms in total. The number of halogens is 3. The van der Waals surface area contributed by atoms with Crippen molar-refractivity contribution in [3.05, 3.63) is 106 Å². The van der Waals surface area contributed by atoms with Gasteiger partial charge in [0.1, 0.15) is 0 Å². The molecule has 10 heteroatoms. The first-order chi connectivity index (χ1) is 22.2. The van der Waals surface area contributed by atoms with Crippen molar-refractivity contribution in [2.24, 2.45) is 0 Å². The molecule has 0 aromatic heterocycles. The van der Waals surface area contributed by atoms with Gasteiger partial charge in [-0.3, -0.25) is 9.69 Å². The fraction of sp³-hybridized carbons (Fsp3) is 0.389. The van der Waals surface area contributed by atoms with E-state index in [4.69, 9.17) is 4.74 Å². The van der Waals surface area contributed by atoms with E-state index in [1.54, 1.807) is 0 Å². The van der Waals surface area contributed by atoms with Gasteiger partial charge in [0.05, 0.1) is 18.7 Å². The van der Waals surface area contributed by atoms with Crippen molar-refractivity contribution < 1.29 is 32.6 Å². The molecule has 3 aromatic rings. The van der Waals surface area contributed by atoms with Gasteiger partial charge in [0, 0.05) is 31.2 Å². The molecule has 2 fully saturated rings. The van der Waals surface area contributed by atoms with Crippen LogP contribution < -0.4 is 10.1 Å². The quantitative estimate of drug-likeness (QED) is 0.196. The minimum atomic E-state index is -1.34. The second-order valence-electron chi connectivity index (χ2n) is 12.4. The molecular formula is C36H38F3N3O4. The molecule has 0 spiro atoms. The molecule has 2 aliphatic heterocycles. The summed E-state index contributed by atoms with van der Waals surface area (Å²) in [5.41, 5.74) is 5.60. The number of carbonyl (C=O) groups excluding carboxylic acids is 1. The minimum absolute atomic E-state index is 0.00379. The molecule has 2 unspecified atom stereocenters. The molecule has 46 heavy (non-hydrogen) atoms. The van der Waals surface area contributed by atoms with E-state index in [9.17, 15) is 27.9 Å². The summed E-state index contributed by atoms with van der Waals surface area (Å²) in [5, 5.41) is 13.5. The predicted molar refractivity (Wildman–Crippen MR) is 168 cm³/mol. The first-order valence-corrected chi connectivity index (χ1v) is 15.9. The van der Waals surface area contributed by atoms with E-state index in [1.165, 1.54) is 10.5 Å². The molecule has 2 heterocycles. The van der Waals surface area contributed by atoms with Gasteiger partial charge in [-0.05, 0) is 79.8 Å². The molecule has 1 aliphatic carbocycles. The average Bonchev–Trinajstić information content (AvgIpc) is 3.88. The monoisotopic (exact) mass is 633 g/mol. The maximum absolute atomic E-state index is 14.5. The van der Waals surface area contributed by atoms with Gasteiger partial charge in [-0.25, -0.2) is 13.6 Å². The Balaban J connectivity index is 1.22. The number of fused-ring (bicyclic) bond motifs is 2. The highest BCUT2D eigenvalue weighted by atomic mass is 19.2. The van der Waals surface area contributed by atoms with Crippen LogP contribution in [0.4, 0.5) is 18.0 Å². The Morgan fingerprint density at radius 3 is 2.30 bits per heavy atom. The van der Waals surface area contributed by atoms with Crippen molar-refractivity contribution in [1.29, 1.82) is 0 Å². The van der Waals surface area contributed by atoms with Crippen LogP contribution in [0.1, 0.15) is 47.9 Å². The summed E-state index contributed by atoms with van der Waals surface area (Å²) in [7, 11) is 0. The Kier molecular flexibility index (Phi) is 9.35. The number of carboxylic acid groups (broad SMARTS) is 1. The normalized spacial score (nSPS) is 19.3. The number of hydrogen-bond donors (Lipinski definition) is 2. The zero-order chi connectivity index (χ0) is 32.4. The highest BCUT2D eigenvalue weighted by Gasteiger charge is 2.46. The fourth-order valence-corrected chi connectivity index (χ4v) is 6.59. The highest BCUT2D eigenvalue weighted by molar-refractivity contribution is 6.04. The van der Waals surface area contributed by atoms with Crippen LogP contribution >= 0.6 is 0 Å². The smallest absolute Gasteiger partial charge is 0.408 e. The van der Waals surface area contributed by atoms with Gasteiger partial charge in [0.2, 0.25) is 5.82 Å². The van der Waals surface area contributed by atoms with Crippen molar-refractivity contribution in [2.75, 3.05) is 26.2 Å². The van der Waals surface area contributed by atoms with Crippen molar-refractivity contribution in [2.45, 2.75) is 63.6 Å². The van der Waals surface area contributed by atoms with Crippen molar-refractivity contribution in [1.82, 2.24) is 15.1 Å². The second-order valence-corrected chi connectivity index (χ2v) is 12.4. The maximum Gasteiger partial charge on any atom is 0.408 e. The van der Waals surface area contributed by atoms with Gasteiger partial charge in [-0.1, -0.05) is 54.1 Å². The van der Waals surface area contributed by atoms with E-state index in [0.29, 0.717) is 44.5 Å². The summed E-state index contributed by atoms with van der Waals surface area (Å²) in [6.45, 7) is 3.49. The lowest BCUT2D eigenvalue weighted by atomic mass is 9.81. The fourth-order valence-electron chi connectivity index (χ4n) is 6.59. The zero-order valence-electron chi connectivity index (χ0n) is 25.8. The van der Waals surface area contributed by atoms with Gasteiger partial charge in [-0.2, -0.15) is 4.39 Å². The van der Waals surface area contributed by atoms with E-state index in [-0.39, 0.29) is 24.6 Å². The number of piperazine rings is 1.